The van der Waals surface area contributed by atoms with E-state index in [9.17, 15) is 19.5 Å². The summed E-state index contributed by atoms with van der Waals surface area (Å²) < 4.78 is 0. The van der Waals surface area contributed by atoms with Gasteiger partial charge in [-0.3, -0.25) is 24.6 Å². The van der Waals surface area contributed by atoms with E-state index in [4.69, 9.17) is 0 Å². The maximum absolute atomic E-state index is 13.5. The lowest BCUT2D eigenvalue weighted by Crippen LogP contribution is -2.61. The molecule has 9 nitrogen and oxygen atoms in total. The van der Waals surface area contributed by atoms with Crippen molar-refractivity contribution in [2.45, 2.75) is 172 Å². The van der Waals surface area contributed by atoms with Gasteiger partial charge >= 0.3 is 0 Å². The molecule has 8 fully saturated rings. The number of fused-ring (bicyclic) bond motifs is 1. The van der Waals surface area contributed by atoms with Crippen molar-refractivity contribution in [3.63, 3.8) is 0 Å². The molecule has 0 aromatic heterocycles. The zero-order valence-corrected chi connectivity index (χ0v) is 34.7. The molecule has 55 heavy (non-hydrogen) atoms. The lowest BCUT2D eigenvalue weighted by Gasteiger charge is -2.45. The van der Waals surface area contributed by atoms with Gasteiger partial charge in [0.2, 0.25) is 11.8 Å². The van der Waals surface area contributed by atoms with E-state index >= 15 is 0 Å². The standard InChI is InChI=1S/C46H75N5O4/c1-3-40(33-7-5-4-6-8-33)43(35-11-16-39(52)17-12-35)34-9-13-37(14-10-34)49-23-20-32(21-24-49)30-48-25-27-50(28-26-48)38-15-18-41-36(29-38)31-51(44(41)54)46(2)22-19-42(53)47-45(46)55/h32-39,41,52H,3-31H2,1-2H3,(H,47,53,55)/b43-40+. The van der Waals surface area contributed by atoms with Crippen molar-refractivity contribution < 1.29 is 19.5 Å². The van der Waals surface area contributed by atoms with Gasteiger partial charge < -0.3 is 19.8 Å². The van der Waals surface area contributed by atoms with Crippen LogP contribution < -0.4 is 5.32 Å². The highest BCUT2D eigenvalue weighted by atomic mass is 16.3. The molecule has 0 radical (unpaired) electrons. The maximum atomic E-state index is 13.5. The summed E-state index contributed by atoms with van der Waals surface area (Å²) >= 11 is 0. The third kappa shape index (κ3) is 8.66. The summed E-state index contributed by atoms with van der Waals surface area (Å²) in [6.07, 6.45) is 24.7. The zero-order chi connectivity index (χ0) is 38.1. The van der Waals surface area contributed by atoms with E-state index in [0.29, 0.717) is 31.3 Å². The number of amides is 3. The molecular weight excluding hydrogens is 687 g/mol. The lowest BCUT2D eigenvalue weighted by molar-refractivity contribution is -0.151. The molecule has 4 heterocycles. The molecule has 8 aliphatic rings. The molecule has 4 saturated carbocycles. The maximum Gasteiger partial charge on any atom is 0.252 e. The predicted molar refractivity (Wildman–Crippen MR) is 217 cm³/mol. The minimum absolute atomic E-state index is 0.0348. The molecule has 3 amide bonds. The number of carbonyl (C=O) groups is 3. The number of rotatable bonds is 9. The number of nitrogens with zero attached hydrogens (tertiary/aromatic N) is 4. The molecule has 308 valence electrons. The van der Waals surface area contributed by atoms with Gasteiger partial charge in [0.25, 0.3) is 5.91 Å². The van der Waals surface area contributed by atoms with Gasteiger partial charge in [-0.1, -0.05) is 37.3 Å². The van der Waals surface area contributed by atoms with Crippen molar-refractivity contribution in [3.05, 3.63) is 11.1 Å². The number of aliphatic hydroxyl groups excluding tert-OH is 1. The van der Waals surface area contributed by atoms with Crippen LogP contribution in [0.5, 0.6) is 0 Å². The Balaban J connectivity index is 0.773. The van der Waals surface area contributed by atoms with Crippen LogP contribution in [0.25, 0.3) is 0 Å². The molecule has 0 spiro atoms. The minimum Gasteiger partial charge on any atom is -0.393 e. The fourth-order valence-electron chi connectivity index (χ4n) is 13.5. The molecular formula is C46H75N5O4. The highest BCUT2D eigenvalue weighted by molar-refractivity contribution is 6.04. The smallest absolute Gasteiger partial charge is 0.252 e. The Hall–Kier alpha value is -1.81. The van der Waals surface area contributed by atoms with Crippen LogP contribution >= 0.6 is 0 Å². The summed E-state index contributed by atoms with van der Waals surface area (Å²) in [4.78, 5) is 48.3. The normalized spacial score (nSPS) is 38.9. The summed E-state index contributed by atoms with van der Waals surface area (Å²) in [5.74, 6) is 3.13. The van der Waals surface area contributed by atoms with E-state index in [0.717, 1.165) is 88.0 Å². The first-order valence-electron chi connectivity index (χ1n) is 23.5. The number of nitrogens with one attached hydrogen (secondary N) is 1. The summed E-state index contributed by atoms with van der Waals surface area (Å²) in [5, 5.41) is 12.8. The van der Waals surface area contributed by atoms with Gasteiger partial charge in [0.1, 0.15) is 5.54 Å². The van der Waals surface area contributed by atoms with Crippen molar-refractivity contribution in [2.24, 2.45) is 35.5 Å². The van der Waals surface area contributed by atoms with Crippen LogP contribution in [0, 0.1) is 35.5 Å². The molecule has 0 aromatic rings. The van der Waals surface area contributed by atoms with Gasteiger partial charge in [0.05, 0.1) is 6.10 Å². The van der Waals surface area contributed by atoms with Gasteiger partial charge in [-0.15, -0.1) is 0 Å². The molecule has 4 saturated heterocycles. The third-order valence-corrected chi connectivity index (χ3v) is 16.9. The SMILES string of the molecule is CC/C(=C(\C1CCC(O)CC1)C1CCC(N2CCC(CN3CCN(C4CCC5C(=O)N(C6(C)CCC(=O)NC6=O)CC5C4)CC3)CC2)CC1)C1CCCCC1. The quantitative estimate of drug-likeness (QED) is 0.204. The molecule has 4 unspecified atom stereocenters. The van der Waals surface area contributed by atoms with E-state index in [-0.39, 0.29) is 29.7 Å². The predicted octanol–water partition coefficient (Wildman–Crippen LogP) is 6.54. The number of imide groups is 1. The first-order chi connectivity index (χ1) is 26.7. The Bertz CT molecular complexity index is 1380. The number of allylic oxidation sites excluding steroid dienone is 2. The second-order valence-corrected chi connectivity index (χ2v) is 19.9. The monoisotopic (exact) mass is 762 g/mol. The molecule has 9 heteroatoms. The molecule has 4 atom stereocenters. The van der Waals surface area contributed by atoms with Crippen molar-refractivity contribution in [1.82, 2.24) is 24.9 Å². The Morgan fingerprint density at radius 2 is 1.36 bits per heavy atom. The zero-order valence-electron chi connectivity index (χ0n) is 34.7. The minimum atomic E-state index is -0.895. The summed E-state index contributed by atoms with van der Waals surface area (Å²) in [6, 6.07) is 1.31. The van der Waals surface area contributed by atoms with Crippen molar-refractivity contribution in [3.8, 4) is 0 Å². The number of likely N-dealkylation sites (tertiary alicyclic amines) is 2. The topological polar surface area (TPSA) is 96.4 Å². The average Bonchev–Trinajstić information content (AvgIpc) is 3.56. The van der Waals surface area contributed by atoms with Crippen LogP contribution in [-0.2, 0) is 14.4 Å². The van der Waals surface area contributed by atoms with Gasteiger partial charge in [0, 0.05) is 63.7 Å². The van der Waals surface area contributed by atoms with Crippen LogP contribution in [0.15, 0.2) is 11.1 Å². The van der Waals surface area contributed by atoms with Gasteiger partial charge in [-0.25, -0.2) is 0 Å². The van der Waals surface area contributed by atoms with Crippen LogP contribution in [0.2, 0.25) is 0 Å². The highest BCUT2D eigenvalue weighted by Crippen LogP contribution is 2.47. The van der Waals surface area contributed by atoms with Gasteiger partial charge in [-0.2, -0.15) is 0 Å². The molecule has 8 rings (SSSR count). The van der Waals surface area contributed by atoms with Crippen molar-refractivity contribution in [1.29, 1.82) is 0 Å². The summed E-state index contributed by atoms with van der Waals surface area (Å²) in [6.45, 7) is 13.3. The molecule has 4 aliphatic carbocycles. The van der Waals surface area contributed by atoms with Crippen LogP contribution in [-0.4, -0.2) is 119 Å². The van der Waals surface area contributed by atoms with Crippen LogP contribution in [0.1, 0.15) is 149 Å². The van der Waals surface area contributed by atoms with Crippen molar-refractivity contribution >= 4 is 17.7 Å². The number of piperazine rings is 1. The van der Waals surface area contributed by atoms with Crippen LogP contribution in [0.4, 0.5) is 0 Å². The average molecular weight is 762 g/mol. The fourth-order valence-corrected chi connectivity index (χ4v) is 13.5. The van der Waals surface area contributed by atoms with E-state index < -0.39 is 5.54 Å². The summed E-state index contributed by atoms with van der Waals surface area (Å²) in [5.41, 5.74) is 2.89. The Morgan fingerprint density at radius 1 is 0.727 bits per heavy atom. The Labute approximate surface area is 332 Å². The fraction of sp³-hybridized carbons (Fsp3) is 0.891. The highest BCUT2D eigenvalue weighted by Gasteiger charge is 2.54. The van der Waals surface area contributed by atoms with Crippen LogP contribution in [0.3, 0.4) is 0 Å². The molecule has 4 aliphatic heterocycles. The van der Waals surface area contributed by atoms with E-state index in [2.05, 4.69) is 26.9 Å². The summed E-state index contributed by atoms with van der Waals surface area (Å²) in [7, 11) is 0. The second-order valence-electron chi connectivity index (χ2n) is 19.9. The lowest BCUT2D eigenvalue weighted by atomic mass is 9.67. The second kappa shape index (κ2) is 17.6. The number of piperidine rings is 2. The van der Waals surface area contributed by atoms with E-state index in [1.807, 2.05) is 23.0 Å². The Kier molecular flexibility index (Phi) is 12.8. The first kappa shape index (κ1) is 40.0. The number of hydrogen-bond acceptors (Lipinski definition) is 7. The molecule has 0 bridgehead atoms. The molecule has 0 aromatic carbocycles. The number of hydrogen-bond donors (Lipinski definition) is 2. The number of carbonyl (C=O) groups excluding carboxylic acids is 3. The number of aliphatic hydroxyl groups is 1. The largest absolute Gasteiger partial charge is 0.393 e. The van der Waals surface area contributed by atoms with E-state index in [1.165, 1.54) is 110 Å². The Morgan fingerprint density at radius 3 is 2.02 bits per heavy atom. The van der Waals surface area contributed by atoms with Gasteiger partial charge in [0.15, 0.2) is 0 Å². The van der Waals surface area contributed by atoms with Crippen molar-refractivity contribution in [2.75, 3.05) is 52.4 Å². The van der Waals surface area contributed by atoms with E-state index in [1.54, 1.807) is 0 Å². The molecule has 2 N–H and O–H groups in total. The first-order valence-corrected chi connectivity index (χ1v) is 23.5. The van der Waals surface area contributed by atoms with Gasteiger partial charge in [-0.05, 0) is 159 Å². The third-order valence-electron chi connectivity index (χ3n) is 16.9.